The maximum absolute atomic E-state index is 11.7. The molecule has 1 aliphatic rings. The molecule has 0 spiro atoms. The number of carbonyl (C=O) groups excluding carboxylic acids is 1. The molecule has 3 heterocycles. The molecule has 2 aromatic heterocycles. The lowest BCUT2D eigenvalue weighted by Gasteiger charge is -2.28. The molecule has 1 fully saturated rings. The van der Waals surface area contributed by atoms with Gasteiger partial charge in [0, 0.05) is 28.4 Å². The fourth-order valence-corrected chi connectivity index (χ4v) is 5.25. The van der Waals surface area contributed by atoms with Gasteiger partial charge < -0.3 is 16.0 Å². The van der Waals surface area contributed by atoms with Gasteiger partial charge in [-0.3, -0.25) is 4.79 Å². The number of nitrogens with zero attached hydrogens (tertiary/aromatic N) is 3. The minimum atomic E-state index is -0.406. The number of anilines is 1. The Bertz CT molecular complexity index is 1040. The molecule has 3 aromatic rings. The van der Waals surface area contributed by atoms with E-state index in [4.69, 9.17) is 10.7 Å². The molecule has 30 heavy (non-hydrogen) atoms. The second-order valence-electron chi connectivity index (χ2n) is 8.23. The molecule has 1 aliphatic heterocycles. The number of aryl methyl sites for hydroxylation is 1. The predicted octanol–water partition coefficient (Wildman–Crippen LogP) is 4.30. The fourth-order valence-electron chi connectivity index (χ4n) is 4.11. The summed E-state index contributed by atoms with van der Waals surface area (Å²) < 4.78 is 1.03. The smallest absolute Gasteiger partial charge is 0.249 e. The van der Waals surface area contributed by atoms with E-state index < -0.39 is 5.91 Å². The van der Waals surface area contributed by atoms with Gasteiger partial charge in [0.05, 0.1) is 10.6 Å². The van der Waals surface area contributed by atoms with E-state index in [2.05, 4.69) is 22.2 Å². The van der Waals surface area contributed by atoms with Crippen LogP contribution in [0, 0.1) is 12.8 Å². The first-order valence-electron chi connectivity index (χ1n) is 10.6. The van der Waals surface area contributed by atoms with Crippen molar-refractivity contribution in [3.8, 4) is 10.6 Å². The van der Waals surface area contributed by atoms with E-state index >= 15 is 0 Å². The van der Waals surface area contributed by atoms with Crippen molar-refractivity contribution in [3.05, 3.63) is 41.6 Å². The lowest BCUT2D eigenvalue weighted by molar-refractivity contribution is 0.100. The maximum atomic E-state index is 11.7. The van der Waals surface area contributed by atoms with Crippen molar-refractivity contribution in [3.63, 3.8) is 0 Å². The van der Waals surface area contributed by atoms with Crippen LogP contribution in [0.15, 0.2) is 30.5 Å². The first kappa shape index (κ1) is 20.8. The summed E-state index contributed by atoms with van der Waals surface area (Å²) in [5, 5.41) is 4.28. The van der Waals surface area contributed by atoms with Gasteiger partial charge in [0.25, 0.3) is 0 Å². The number of rotatable bonds is 7. The molecule has 0 atom stereocenters. The average molecular weight is 424 g/mol. The molecule has 1 saturated heterocycles. The summed E-state index contributed by atoms with van der Waals surface area (Å²) in [6.07, 6.45) is 6.86. The third-order valence-corrected chi connectivity index (χ3v) is 7.05. The largest absolute Gasteiger partial charge is 0.366 e. The zero-order valence-corrected chi connectivity index (χ0v) is 18.5. The molecule has 0 saturated carbocycles. The Morgan fingerprint density at radius 2 is 2.13 bits per heavy atom. The molecule has 6 nitrogen and oxygen atoms in total. The summed E-state index contributed by atoms with van der Waals surface area (Å²) in [5.41, 5.74) is 8.00. The van der Waals surface area contributed by atoms with E-state index in [0.717, 1.165) is 45.1 Å². The topological polar surface area (TPSA) is 84.1 Å². The molecule has 1 amide bonds. The molecule has 4 rings (SSSR count). The summed E-state index contributed by atoms with van der Waals surface area (Å²) in [6.45, 7) is 5.33. The second-order valence-corrected chi connectivity index (χ2v) is 9.32. The van der Waals surface area contributed by atoms with Gasteiger partial charge in [-0.15, -0.1) is 11.3 Å². The Morgan fingerprint density at radius 3 is 2.90 bits per heavy atom. The number of piperidine rings is 1. The van der Waals surface area contributed by atoms with Crippen LogP contribution in [0.3, 0.4) is 0 Å². The second kappa shape index (κ2) is 9.10. The average Bonchev–Trinajstić information content (AvgIpc) is 3.17. The van der Waals surface area contributed by atoms with E-state index in [0.29, 0.717) is 11.5 Å². The summed E-state index contributed by atoms with van der Waals surface area (Å²) in [5.74, 6) is 1.10. The molecule has 3 N–H and O–H groups in total. The van der Waals surface area contributed by atoms with E-state index in [1.54, 1.807) is 17.4 Å². The maximum Gasteiger partial charge on any atom is 0.249 e. The SMILES string of the molecule is Cc1cnc(NCCCC2CCN(C)CC2)nc1-c1cc2c(C(N)=O)cccc2s1. The number of nitrogens with two attached hydrogens (primary N) is 1. The van der Waals surface area contributed by atoms with Gasteiger partial charge >= 0.3 is 0 Å². The minimum absolute atomic E-state index is 0.406. The standard InChI is InChI=1S/C23H29N5OS/c1-15-14-26-23(25-10-4-5-16-8-11-28(2)12-9-16)27-21(15)20-13-18-17(22(24)29)6-3-7-19(18)30-20/h3,6-7,13-14,16H,4-5,8-12H2,1-2H3,(H2,24,29)(H,25,26,27). The predicted molar refractivity (Wildman–Crippen MR) is 124 cm³/mol. The Morgan fingerprint density at radius 1 is 1.33 bits per heavy atom. The number of likely N-dealkylation sites (tertiary alicyclic amines) is 1. The third-order valence-electron chi connectivity index (χ3n) is 5.94. The highest BCUT2D eigenvalue weighted by atomic mass is 32.1. The number of carbonyl (C=O) groups is 1. The van der Waals surface area contributed by atoms with Crippen molar-refractivity contribution in [1.29, 1.82) is 0 Å². The zero-order valence-electron chi connectivity index (χ0n) is 17.6. The number of aromatic nitrogens is 2. The van der Waals surface area contributed by atoms with E-state index in [1.807, 2.05) is 31.3 Å². The van der Waals surface area contributed by atoms with Gasteiger partial charge in [-0.25, -0.2) is 9.97 Å². The Labute approximate surface area is 181 Å². The summed E-state index contributed by atoms with van der Waals surface area (Å²) in [6, 6.07) is 7.66. The van der Waals surface area contributed by atoms with Crippen LogP contribution >= 0.6 is 11.3 Å². The fraction of sp³-hybridized carbons (Fsp3) is 0.435. The van der Waals surface area contributed by atoms with Crippen molar-refractivity contribution in [2.75, 3.05) is 32.0 Å². The number of primary amides is 1. The van der Waals surface area contributed by atoms with Crippen LogP contribution in [0.5, 0.6) is 0 Å². The number of thiophene rings is 1. The lowest BCUT2D eigenvalue weighted by Crippen LogP contribution is -2.30. The van der Waals surface area contributed by atoms with Crippen LogP contribution in [0.4, 0.5) is 5.95 Å². The number of fused-ring (bicyclic) bond motifs is 1. The van der Waals surface area contributed by atoms with E-state index in [1.165, 1.54) is 32.4 Å². The molecular weight excluding hydrogens is 394 g/mol. The van der Waals surface area contributed by atoms with Crippen molar-refractivity contribution in [2.45, 2.75) is 32.6 Å². The molecular formula is C23H29N5OS. The monoisotopic (exact) mass is 423 g/mol. The highest BCUT2D eigenvalue weighted by Gasteiger charge is 2.16. The van der Waals surface area contributed by atoms with Crippen LogP contribution in [-0.2, 0) is 0 Å². The third kappa shape index (κ3) is 4.63. The minimum Gasteiger partial charge on any atom is -0.366 e. The Hall–Kier alpha value is -2.51. The summed E-state index contributed by atoms with van der Waals surface area (Å²) in [4.78, 5) is 24.4. The van der Waals surface area contributed by atoms with Gasteiger partial charge in [0.1, 0.15) is 0 Å². The first-order chi connectivity index (χ1) is 14.5. The van der Waals surface area contributed by atoms with Crippen molar-refractivity contribution in [2.24, 2.45) is 11.7 Å². The molecule has 0 radical (unpaired) electrons. The molecule has 0 unspecified atom stereocenters. The van der Waals surface area contributed by atoms with Crippen LogP contribution in [0.1, 0.15) is 41.6 Å². The van der Waals surface area contributed by atoms with Crippen LogP contribution in [-0.4, -0.2) is 47.5 Å². The number of nitrogens with one attached hydrogen (secondary N) is 1. The van der Waals surface area contributed by atoms with Gasteiger partial charge in [0.15, 0.2) is 0 Å². The molecule has 0 bridgehead atoms. The Balaban J connectivity index is 1.44. The van der Waals surface area contributed by atoms with E-state index in [-0.39, 0.29) is 0 Å². The number of benzene rings is 1. The van der Waals surface area contributed by atoms with Crippen LogP contribution in [0.25, 0.3) is 20.7 Å². The molecule has 158 valence electrons. The zero-order chi connectivity index (χ0) is 21.1. The van der Waals surface area contributed by atoms with Gasteiger partial charge in [-0.1, -0.05) is 6.07 Å². The normalized spacial score (nSPS) is 15.5. The summed E-state index contributed by atoms with van der Waals surface area (Å²) in [7, 11) is 2.20. The van der Waals surface area contributed by atoms with Crippen molar-refractivity contribution in [1.82, 2.24) is 14.9 Å². The highest BCUT2D eigenvalue weighted by molar-refractivity contribution is 7.22. The van der Waals surface area contributed by atoms with Gasteiger partial charge in [-0.2, -0.15) is 0 Å². The lowest BCUT2D eigenvalue weighted by atomic mass is 9.92. The number of hydrogen-bond donors (Lipinski definition) is 2. The van der Waals surface area contributed by atoms with Gasteiger partial charge in [0.2, 0.25) is 11.9 Å². The molecule has 1 aromatic carbocycles. The first-order valence-corrected chi connectivity index (χ1v) is 11.4. The van der Waals surface area contributed by atoms with Gasteiger partial charge in [-0.05, 0) is 82.4 Å². The highest BCUT2D eigenvalue weighted by Crippen LogP contribution is 2.35. The van der Waals surface area contributed by atoms with E-state index in [9.17, 15) is 4.79 Å². The Kier molecular flexibility index (Phi) is 6.29. The van der Waals surface area contributed by atoms with Crippen LogP contribution < -0.4 is 11.1 Å². The quantitative estimate of drug-likeness (QED) is 0.554. The summed E-state index contributed by atoms with van der Waals surface area (Å²) >= 11 is 1.62. The molecule has 7 heteroatoms. The molecule has 0 aliphatic carbocycles. The number of hydrogen-bond acceptors (Lipinski definition) is 6. The van der Waals surface area contributed by atoms with Crippen LogP contribution in [0.2, 0.25) is 0 Å². The van der Waals surface area contributed by atoms with Crippen molar-refractivity contribution < 1.29 is 4.79 Å². The number of amides is 1. The van der Waals surface area contributed by atoms with Crippen molar-refractivity contribution >= 4 is 33.3 Å².